The minimum absolute atomic E-state index is 0.0138. The second-order valence-corrected chi connectivity index (χ2v) is 10.7. The van der Waals surface area contributed by atoms with Gasteiger partial charge in [0.1, 0.15) is 0 Å². The highest BCUT2D eigenvalue weighted by Gasteiger charge is 2.63. The topological polar surface area (TPSA) is 40.6 Å². The number of anilines is 1. The first-order valence-corrected chi connectivity index (χ1v) is 11.1. The van der Waals surface area contributed by atoms with Gasteiger partial charge < -0.3 is 9.80 Å². The highest BCUT2D eigenvalue weighted by Crippen LogP contribution is 2.60. The van der Waals surface area contributed by atoms with E-state index in [1.807, 2.05) is 48.2 Å². The molecule has 4 rings (SSSR count). The Morgan fingerprint density at radius 1 is 1.21 bits per heavy atom. The molecule has 2 heterocycles. The lowest BCUT2D eigenvalue weighted by Gasteiger charge is -2.33. The van der Waals surface area contributed by atoms with Crippen molar-refractivity contribution >= 4 is 40.9 Å². The predicted molar refractivity (Wildman–Crippen MR) is 119 cm³/mol. The molecule has 29 heavy (non-hydrogen) atoms. The molecule has 2 aliphatic heterocycles. The number of carbonyl (C=O) groups is 2. The van der Waals surface area contributed by atoms with Crippen LogP contribution in [-0.4, -0.2) is 28.0 Å². The Bertz CT molecular complexity index is 1010. The third kappa shape index (κ3) is 3.15. The van der Waals surface area contributed by atoms with Crippen LogP contribution in [0.2, 0.25) is 5.02 Å². The minimum atomic E-state index is -1.06. The van der Waals surface area contributed by atoms with Gasteiger partial charge >= 0.3 is 0 Å². The van der Waals surface area contributed by atoms with Crippen molar-refractivity contribution in [2.75, 3.05) is 11.4 Å². The van der Waals surface area contributed by atoms with Gasteiger partial charge in [0, 0.05) is 28.3 Å². The van der Waals surface area contributed by atoms with Crippen LogP contribution in [0.5, 0.6) is 0 Å². The lowest BCUT2D eigenvalue weighted by Crippen LogP contribution is -2.50. The van der Waals surface area contributed by atoms with Crippen LogP contribution < -0.4 is 4.90 Å². The molecular weight excluding hydrogens is 404 g/mol. The molecular formula is C23H25ClN2O2S. The molecule has 1 atom stereocenters. The van der Waals surface area contributed by atoms with Gasteiger partial charge in [0.15, 0.2) is 4.87 Å². The highest BCUT2D eigenvalue weighted by atomic mass is 35.5. The fourth-order valence-corrected chi connectivity index (χ4v) is 6.24. The number of amides is 2. The first-order chi connectivity index (χ1) is 13.7. The molecule has 2 aliphatic rings. The number of thioether (sulfide) groups is 1. The zero-order valence-corrected chi connectivity index (χ0v) is 18.7. The molecule has 2 aromatic rings. The Hall–Kier alpha value is -1.98. The van der Waals surface area contributed by atoms with Crippen molar-refractivity contribution in [1.82, 2.24) is 4.90 Å². The maximum atomic E-state index is 14.0. The van der Waals surface area contributed by atoms with E-state index in [0.717, 1.165) is 22.4 Å². The predicted octanol–water partition coefficient (Wildman–Crippen LogP) is 5.11. The van der Waals surface area contributed by atoms with Crippen molar-refractivity contribution in [1.29, 1.82) is 0 Å². The van der Waals surface area contributed by atoms with Gasteiger partial charge in [-0.25, -0.2) is 0 Å². The molecule has 0 saturated carbocycles. The van der Waals surface area contributed by atoms with E-state index < -0.39 is 4.87 Å². The third-order valence-corrected chi connectivity index (χ3v) is 7.51. The molecule has 0 bridgehead atoms. The van der Waals surface area contributed by atoms with E-state index in [-0.39, 0.29) is 16.6 Å². The van der Waals surface area contributed by atoms with Crippen LogP contribution in [0.15, 0.2) is 42.5 Å². The summed E-state index contributed by atoms with van der Waals surface area (Å²) in [4.78, 5) is 29.5. The number of halogens is 1. The van der Waals surface area contributed by atoms with Crippen LogP contribution in [0.1, 0.15) is 43.9 Å². The second-order valence-electron chi connectivity index (χ2n) is 8.32. The summed E-state index contributed by atoms with van der Waals surface area (Å²) in [6, 6.07) is 13.7. The Kier molecular flexibility index (Phi) is 4.94. The summed E-state index contributed by atoms with van der Waals surface area (Å²) in [5.41, 5.74) is 3.88. The van der Waals surface area contributed by atoms with Gasteiger partial charge in [-0.05, 0) is 50.1 Å². The smallest absolute Gasteiger partial charge is 0.268 e. The Morgan fingerprint density at radius 3 is 2.62 bits per heavy atom. The molecule has 6 heteroatoms. The van der Waals surface area contributed by atoms with Gasteiger partial charge in [-0.15, -0.1) is 11.8 Å². The summed E-state index contributed by atoms with van der Waals surface area (Å²) in [6.45, 7) is 9.06. The van der Waals surface area contributed by atoms with Crippen LogP contribution in [0, 0.1) is 6.92 Å². The Balaban J connectivity index is 1.88. The summed E-state index contributed by atoms with van der Waals surface area (Å²) in [5, 5.41) is 0.572. The number of hydrogen-bond donors (Lipinski definition) is 0. The zero-order valence-electron chi connectivity index (χ0n) is 17.2. The van der Waals surface area contributed by atoms with Gasteiger partial charge in [0.2, 0.25) is 5.91 Å². The molecule has 0 aromatic heterocycles. The van der Waals surface area contributed by atoms with Crippen molar-refractivity contribution in [3.05, 3.63) is 64.2 Å². The molecule has 0 aliphatic carbocycles. The minimum Gasteiger partial charge on any atom is -0.314 e. The zero-order chi connectivity index (χ0) is 21.0. The fraction of sp³-hybridized carbons (Fsp3) is 0.391. The average Bonchev–Trinajstić information content (AvgIpc) is 3.09. The number of benzene rings is 2. The van der Waals surface area contributed by atoms with Crippen LogP contribution in [0.3, 0.4) is 0 Å². The SMILES string of the molecule is CCC(=O)N1CC(C)(C)S[C@@]12C(=O)N(Cc1ccccc1C)c1ccc(Cl)cc12. The molecule has 4 nitrogen and oxygen atoms in total. The fourth-order valence-electron chi connectivity index (χ4n) is 4.33. The van der Waals surface area contributed by atoms with Crippen molar-refractivity contribution < 1.29 is 9.59 Å². The van der Waals surface area contributed by atoms with Crippen molar-refractivity contribution in [2.45, 2.75) is 50.3 Å². The summed E-state index contributed by atoms with van der Waals surface area (Å²) in [5.74, 6) is -0.0736. The van der Waals surface area contributed by atoms with Crippen molar-refractivity contribution in [2.24, 2.45) is 0 Å². The molecule has 1 saturated heterocycles. The maximum Gasteiger partial charge on any atom is 0.268 e. The van der Waals surface area contributed by atoms with E-state index in [0.29, 0.717) is 24.5 Å². The van der Waals surface area contributed by atoms with Gasteiger partial charge in [0.05, 0.1) is 12.2 Å². The first-order valence-electron chi connectivity index (χ1n) is 9.87. The Morgan fingerprint density at radius 2 is 1.93 bits per heavy atom. The normalized spacial score (nSPS) is 22.4. The summed E-state index contributed by atoms with van der Waals surface area (Å²) < 4.78 is -0.237. The monoisotopic (exact) mass is 428 g/mol. The average molecular weight is 429 g/mol. The second kappa shape index (κ2) is 7.06. The number of fused-ring (bicyclic) bond motifs is 2. The molecule has 2 aromatic carbocycles. The summed E-state index contributed by atoms with van der Waals surface area (Å²) >= 11 is 7.92. The van der Waals surface area contributed by atoms with E-state index in [2.05, 4.69) is 26.8 Å². The number of hydrogen-bond acceptors (Lipinski definition) is 3. The van der Waals surface area contributed by atoms with Gasteiger partial charge in [-0.3, -0.25) is 9.59 Å². The number of nitrogens with zero attached hydrogens (tertiary/aromatic N) is 2. The van der Waals surface area contributed by atoms with E-state index in [9.17, 15) is 9.59 Å². The van der Waals surface area contributed by atoms with E-state index in [1.54, 1.807) is 16.7 Å². The summed E-state index contributed by atoms with van der Waals surface area (Å²) in [6.07, 6.45) is 0.360. The molecule has 1 fully saturated rings. The van der Waals surface area contributed by atoms with E-state index in [1.165, 1.54) is 0 Å². The number of carbonyl (C=O) groups excluding carboxylic acids is 2. The van der Waals surface area contributed by atoms with Gasteiger partial charge in [0.25, 0.3) is 5.91 Å². The Labute approximate surface area is 181 Å². The lowest BCUT2D eigenvalue weighted by molar-refractivity contribution is -0.140. The highest BCUT2D eigenvalue weighted by molar-refractivity contribution is 8.02. The molecule has 0 radical (unpaired) electrons. The lowest BCUT2D eigenvalue weighted by atomic mass is 10.0. The van der Waals surface area contributed by atoms with Crippen LogP contribution in [-0.2, 0) is 21.0 Å². The van der Waals surface area contributed by atoms with Crippen molar-refractivity contribution in [3.63, 3.8) is 0 Å². The van der Waals surface area contributed by atoms with Gasteiger partial charge in [-0.1, -0.05) is 42.8 Å². The molecule has 1 spiro atoms. The molecule has 0 unspecified atom stereocenters. The van der Waals surface area contributed by atoms with Crippen LogP contribution >= 0.6 is 23.4 Å². The third-order valence-electron chi connectivity index (χ3n) is 5.69. The largest absolute Gasteiger partial charge is 0.314 e. The van der Waals surface area contributed by atoms with E-state index >= 15 is 0 Å². The quantitative estimate of drug-likeness (QED) is 0.681. The number of rotatable bonds is 3. The molecule has 152 valence electrons. The molecule has 2 amide bonds. The molecule has 0 N–H and O–H groups in total. The van der Waals surface area contributed by atoms with E-state index in [4.69, 9.17) is 11.6 Å². The first kappa shape index (κ1) is 20.3. The van der Waals surface area contributed by atoms with Crippen LogP contribution in [0.25, 0.3) is 0 Å². The summed E-state index contributed by atoms with van der Waals surface area (Å²) in [7, 11) is 0. The van der Waals surface area contributed by atoms with Gasteiger partial charge in [-0.2, -0.15) is 0 Å². The maximum absolute atomic E-state index is 14.0. The van der Waals surface area contributed by atoms with Crippen LogP contribution in [0.4, 0.5) is 5.69 Å². The number of aryl methyl sites for hydroxylation is 1. The standard InChI is InChI=1S/C23H25ClN2O2S/c1-5-20(27)26-14-22(3,4)29-23(26)18-12-17(24)10-11-19(18)25(21(23)28)13-16-9-7-6-8-15(16)2/h6-12H,5,13-14H2,1-4H3/t23-/m0/s1. The van der Waals surface area contributed by atoms with Crippen molar-refractivity contribution in [3.8, 4) is 0 Å².